The summed E-state index contributed by atoms with van der Waals surface area (Å²) >= 11 is 0. The number of nitrogens with zero attached hydrogens (tertiary/aromatic N) is 2. The lowest BCUT2D eigenvalue weighted by molar-refractivity contribution is -0.697. The second-order valence-corrected chi connectivity index (χ2v) is 5.17. The molecule has 1 N–H and O–H groups in total. The average Bonchev–Trinajstić information content (AvgIpc) is 2.57. The van der Waals surface area contributed by atoms with E-state index in [0.29, 0.717) is 0 Å². The number of methoxy groups -OCH3 is 1. The lowest BCUT2D eigenvalue weighted by Gasteiger charge is -2.02. The van der Waals surface area contributed by atoms with E-state index in [0.717, 1.165) is 23.5 Å². The van der Waals surface area contributed by atoms with Gasteiger partial charge in [-0.15, -0.1) is 0 Å². The maximum Gasteiger partial charge on any atom is 0.169 e. The highest BCUT2D eigenvalue weighted by molar-refractivity contribution is 5.79. The van der Waals surface area contributed by atoms with Crippen LogP contribution in [0.3, 0.4) is 0 Å². The van der Waals surface area contributed by atoms with E-state index in [9.17, 15) is 0 Å². The fraction of sp³-hybridized carbons (Fsp3) is 0.333. The zero-order valence-corrected chi connectivity index (χ0v) is 13.3. The van der Waals surface area contributed by atoms with Crippen molar-refractivity contribution in [1.29, 1.82) is 0 Å². The number of anilines is 1. The predicted octanol–water partition coefficient (Wildman–Crippen LogP) is 3.62. The number of benzene rings is 1. The number of unbranched alkanes of at least 4 members (excludes halogenated alkanes) is 2. The Morgan fingerprint density at radius 2 is 1.82 bits per heavy atom. The molecule has 0 atom stereocenters. The SMILES string of the molecule is CCCCC[n+]1ccc(/C=N/Nc2ccc(OC)cc2)cc1. The molecule has 4 heteroatoms. The molecule has 0 fully saturated rings. The third-order valence-electron chi connectivity index (χ3n) is 3.43. The summed E-state index contributed by atoms with van der Waals surface area (Å²) in [6.45, 7) is 3.30. The van der Waals surface area contributed by atoms with Crippen molar-refractivity contribution >= 4 is 11.9 Å². The topological polar surface area (TPSA) is 37.5 Å². The molecule has 2 rings (SSSR count). The molecule has 2 aromatic rings. The number of hydrogen-bond acceptors (Lipinski definition) is 3. The number of aromatic nitrogens is 1. The molecule has 0 amide bonds. The Kier molecular flexibility index (Phi) is 6.42. The molecular formula is C18H24N3O+. The second-order valence-electron chi connectivity index (χ2n) is 5.17. The van der Waals surface area contributed by atoms with Crippen molar-refractivity contribution in [2.75, 3.05) is 12.5 Å². The molecule has 0 saturated carbocycles. The van der Waals surface area contributed by atoms with Gasteiger partial charge in [-0.2, -0.15) is 5.10 Å². The third kappa shape index (κ3) is 5.20. The van der Waals surface area contributed by atoms with Crippen molar-refractivity contribution in [2.45, 2.75) is 32.7 Å². The Labute approximate surface area is 132 Å². The summed E-state index contributed by atoms with van der Waals surface area (Å²) < 4.78 is 7.33. The van der Waals surface area contributed by atoms with Gasteiger partial charge in [0.2, 0.25) is 0 Å². The van der Waals surface area contributed by atoms with Gasteiger partial charge in [0.25, 0.3) is 0 Å². The van der Waals surface area contributed by atoms with Crippen molar-refractivity contribution in [1.82, 2.24) is 0 Å². The van der Waals surface area contributed by atoms with E-state index >= 15 is 0 Å². The fourth-order valence-electron chi connectivity index (χ4n) is 2.10. The Morgan fingerprint density at radius 3 is 2.45 bits per heavy atom. The summed E-state index contributed by atoms with van der Waals surface area (Å²) in [5.74, 6) is 0.838. The zero-order chi connectivity index (χ0) is 15.6. The monoisotopic (exact) mass is 298 g/mol. The van der Waals surface area contributed by atoms with Crippen LogP contribution in [0.2, 0.25) is 0 Å². The van der Waals surface area contributed by atoms with E-state index in [1.54, 1.807) is 7.11 Å². The molecular weight excluding hydrogens is 274 g/mol. The zero-order valence-electron chi connectivity index (χ0n) is 13.3. The van der Waals surface area contributed by atoms with Crippen LogP contribution in [0.15, 0.2) is 53.9 Å². The molecule has 0 aliphatic carbocycles. The van der Waals surface area contributed by atoms with Crippen molar-refractivity contribution in [3.8, 4) is 5.75 Å². The van der Waals surface area contributed by atoms with Crippen LogP contribution in [-0.2, 0) is 6.54 Å². The van der Waals surface area contributed by atoms with Gasteiger partial charge >= 0.3 is 0 Å². The molecule has 0 aliphatic rings. The summed E-state index contributed by atoms with van der Waals surface area (Å²) in [7, 11) is 1.66. The Morgan fingerprint density at radius 1 is 1.09 bits per heavy atom. The molecule has 1 heterocycles. The van der Waals surface area contributed by atoms with Gasteiger partial charge in [-0.1, -0.05) is 13.3 Å². The molecule has 0 bridgehead atoms. The van der Waals surface area contributed by atoms with Gasteiger partial charge in [0.1, 0.15) is 12.3 Å². The van der Waals surface area contributed by atoms with Crippen LogP contribution in [-0.4, -0.2) is 13.3 Å². The second kappa shape index (κ2) is 8.82. The van der Waals surface area contributed by atoms with Crippen LogP contribution in [0.4, 0.5) is 5.69 Å². The largest absolute Gasteiger partial charge is 0.497 e. The Balaban J connectivity index is 1.84. The minimum Gasteiger partial charge on any atom is -0.497 e. The van der Waals surface area contributed by atoms with Gasteiger partial charge in [-0.25, -0.2) is 4.57 Å². The minimum absolute atomic E-state index is 0.838. The number of hydrazone groups is 1. The number of aryl methyl sites for hydroxylation is 1. The molecule has 0 saturated heterocycles. The summed E-state index contributed by atoms with van der Waals surface area (Å²) in [5, 5.41) is 4.25. The van der Waals surface area contributed by atoms with Crippen molar-refractivity contribution in [3.05, 3.63) is 54.4 Å². The molecule has 0 radical (unpaired) electrons. The van der Waals surface area contributed by atoms with Crippen molar-refractivity contribution < 1.29 is 9.30 Å². The van der Waals surface area contributed by atoms with E-state index < -0.39 is 0 Å². The van der Waals surface area contributed by atoms with Crippen LogP contribution in [0.25, 0.3) is 0 Å². The molecule has 4 nitrogen and oxygen atoms in total. The standard InChI is InChI=1S/C18H23N3O/c1-3-4-5-12-21-13-10-16(11-14-21)15-19-20-17-6-8-18(22-2)9-7-17/h6-11,13-15H,3-5,12H2,1-2H3/p+1. The number of nitrogens with one attached hydrogen (secondary N) is 1. The van der Waals surface area contributed by atoms with Crippen LogP contribution >= 0.6 is 0 Å². The lowest BCUT2D eigenvalue weighted by atomic mass is 10.2. The Hall–Kier alpha value is -2.36. The number of rotatable bonds is 8. The minimum atomic E-state index is 0.838. The molecule has 0 aliphatic heterocycles. The molecule has 22 heavy (non-hydrogen) atoms. The first-order chi connectivity index (χ1) is 10.8. The molecule has 0 unspecified atom stereocenters. The summed E-state index contributed by atoms with van der Waals surface area (Å²) in [6, 6.07) is 11.8. The van der Waals surface area contributed by atoms with E-state index in [1.165, 1.54) is 19.3 Å². The maximum absolute atomic E-state index is 5.12. The fourth-order valence-corrected chi connectivity index (χ4v) is 2.10. The van der Waals surface area contributed by atoms with E-state index in [2.05, 4.69) is 46.5 Å². The van der Waals surface area contributed by atoms with Gasteiger partial charge in [0.15, 0.2) is 12.4 Å². The van der Waals surface area contributed by atoms with Gasteiger partial charge in [-0.3, -0.25) is 5.43 Å². The lowest BCUT2D eigenvalue weighted by Crippen LogP contribution is -2.32. The van der Waals surface area contributed by atoms with E-state index in [-0.39, 0.29) is 0 Å². The number of ether oxygens (including phenoxy) is 1. The van der Waals surface area contributed by atoms with Crippen LogP contribution in [0.1, 0.15) is 31.7 Å². The summed E-state index contributed by atoms with van der Waals surface area (Å²) in [6.07, 6.45) is 9.79. The molecule has 1 aromatic carbocycles. The van der Waals surface area contributed by atoms with Gasteiger partial charge in [0.05, 0.1) is 19.0 Å². The third-order valence-corrected chi connectivity index (χ3v) is 3.43. The first-order valence-electron chi connectivity index (χ1n) is 7.74. The van der Waals surface area contributed by atoms with Gasteiger partial charge in [-0.05, 0) is 30.7 Å². The van der Waals surface area contributed by atoms with Crippen LogP contribution in [0.5, 0.6) is 5.75 Å². The molecule has 0 spiro atoms. The molecule has 116 valence electrons. The average molecular weight is 298 g/mol. The highest BCUT2D eigenvalue weighted by Crippen LogP contribution is 2.14. The van der Waals surface area contributed by atoms with Crippen LogP contribution in [0, 0.1) is 0 Å². The molecule has 1 aromatic heterocycles. The highest BCUT2D eigenvalue weighted by atomic mass is 16.5. The first kappa shape index (κ1) is 16.0. The van der Waals surface area contributed by atoms with Crippen LogP contribution < -0.4 is 14.7 Å². The first-order valence-corrected chi connectivity index (χ1v) is 7.74. The smallest absolute Gasteiger partial charge is 0.169 e. The Bertz CT molecular complexity index is 576. The number of hydrogen-bond donors (Lipinski definition) is 1. The van der Waals surface area contributed by atoms with Crippen molar-refractivity contribution in [3.63, 3.8) is 0 Å². The maximum atomic E-state index is 5.12. The van der Waals surface area contributed by atoms with E-state index in [4.69, 9.17) is 4.74 Å². The quantitative estimate of drug-likeness (QED) is 0.350. The highest BCUT2D eigenvalue weighted by Gasteiger charge is 1.99. The summed E-state index contributed by atoms with van der Waals surface area (Å²) in [5.41, 5.74) is 5.02. The predicted molar refractivity (Wildman–Crippen MR) is 90.4 cm³/mol. The summed E-state index contributed by atoms with van der Waals surface area (Å²) in [4.78, 5) is 0. The van der Waals surface area contributed by atoms with Gasteiger partial charge in [0, 0.05) is 24.1 Å². The van der Waals surface area contributed by atoms with Crippen molar-refractivity contribution in [2.24, 2.45) is 5.10 Å². The number of pyridine rings is 1. The van der Waals surface area contributed by atoms with E-state index in [1.807, 2.05) is 30.5 Å². The van der Waals surface area contributed by atoms with Gasteiger partial charge < -0.3 is 4.74 Å². The normalized spacial score (nSPS) is 10.8.